The molecule has 7 heteroatoms. The Labute approximate surface area is 130 Å². The average Bonchev–Trinajstić information content (AvgIpc) is 2.90. The Hall–Kier alpha value is -2.67. The zero-order chi connectivity index (χ0) is 15.5. The molecule has 0 bridgehead atoms. The van der Waals surface area contributed by atoms with Gasteiger partial charge >= 0.3 is 0 Å². The molecule has 3 rings (SSSR count). The van der Waals surface area contributed by atoms with Crippen LogP contribution in [0.2, 0.25) is 0 Å². The van der Waals surface area contributed by atoms with Gasteiger partial charge in [0.15, 0.2) is 6.61 Å². The van der Waals surface area contributed by atoms with Crippen LogP contribution < -0.4 is 15.4 Å². The number of hydrogen-bond acceptors (Lipinski definition) is 5. The molecule has 0 atom stereocenters. The number of aromatic nitrogens is 1. The van der Waals surface area contributed by atoms with Crippen LogP contribution in [0.25, 0.3) is 6.08 Å². The SMILES string of the molecule is Cc1nc(/C=C/C(=O)Nc2ccc3c(c2)NC(=O)CO3)cs1. The molecule has 0 saturated carbocycles. The van der Waals surface area contributed by atoms with Crippen LogP contribution in [0.1, 0.15) is 10.7 Å². The maximum absolute atomic E-state index is 11.9. The lowest BCUT2D eigenvalue weighted by Gasteiger charge is -2.18. The Kier molecular flexibility index (Phi) is 3.88. The minimum absolute atomic E-state index is 0.00843. The Bertz CT molecular complexity index is 767. The summed E-state index contributed by atoms with van der Waals surface area (Å²) in [5.41, 5.74) is 1.88. The number of rotatable bonds is 3. The first-order valence-electron chi connectivity index (χ1n) is 6.58. The zero-order valence-electron chi connectivity index (χ0n) is 11.8. The van der Waals surface area contributed by atoms with E-state index >= 15 is 0 Å². The fourth-order valence-electron chi connectivity index (χ4n) is 1.96. The van der Waals surface area contributed by atoms with E-state index in [0.29, 0.717) is 17.1 Å². The fourth-order valence-corrected chi connectivity index (χ4v) is 2.54. The van der Waals surface area contributed by atoms with Crippen LogP contribution in [0.5, 0.6) is 5.75 Å². The van der Waals surface area contributed by atoms with Crippen molar-refractivity contribution in [3.63, 3.8) is 0 Å². The van der Waals surface area contributed by atoms with Crippen LogP contribution in [0.4, 0.5) is 11.4 Å². The highest BCUT2D eigenvalue weighted by Gasteiger charge is 2.16. The number of fused-ring (bicyclic) bond motifs is 1. The highest BCUT2D eigenvalue weighted by atomic mass is 32.1. The summed E-state index contributed by atoms with van der Waals surface area (Å²) in [7, 11) is 0. The van der Waals surface area contributed by atoms with Crippen LogP contribution in [0, 0.1) is 6.92 Å². The number of nitrogens with one attached hydrogen (secondary N) is 2. The van der Waals surface area contributed by atoms with Crippen molar-refractivity contribution < 1.29 is 14.3 Å². The first-order chi connectivity index (χ1) is 10.6. The quantitative estimate of drug-likeness (QED) is 0.853. The summed E-state index contributed by atoms with van der Waals surface area (Å²) in [6.45, 7) is 1.92. The second-order valence-corrected chi connectivity index (χ2v) is 5.72. The van der Waals surface area contributed by atoms with Crippen molar-refractivity contribution in [1.29, 1.82) is 0 Å². The third-order valence-corrected chi connectivity index (χ3v) is 3.71. The van der Waals surface area contributed by atoms with Gasteiger partial charge in [-0.1, -0.05) is 0 Å². The third-order valence-electron chi connectivity index (χ3n) is 2.92. The predicted octanol–water partition coefficient (Wildman–Crippen LogP) is 2.43. The Morgan fingerprint density at radius 1 is 1.50 bits per heavy atom. The number of carbonyl (C=O) groups is 2. The molecule has 0 aliphatic carbocycles. The topological polar surface area (TPSA) is 80.3 Å². The lowest BCUT2D eigenvalue weighted by Crippen LogP contribution is -2.25. The van der Waals surface area contributed by atoms with Gasteiger partial charge in [0.25, 0.3) is 5.91 Å². The van der Waals surface area contributed by atoms with E-state index in [1.54, 1.807) is 24.3 Å². The molecule has 22 heavy (non-hydrogen) atoms. The molecule has 6 nitrogen and oxygen atoms in total. The number of nitrogens with zero attached hydrogens (tertiary/aromatic N) is 1. The highest BCUT2D eigenvalue weighted by Crippen LogP contribution is 2.30. The predicted molar refractivity (Wildman–Crippen MR) is 85.1 cm³/mol. The Morgan fingerprint density at radius 3 is 3.14 bits per heavy atom. The molecule has 1 aromatic carbocycles. The number of hydrogen-bond donors (Lipinski definition) is 2. The van der Waals surface area contributed by atoms with Gasteiger partial charge in [0.2, 0.25) is 5.91 Å². The van der Waals surface area contributed by atoms with Crippen LogP contribution in [0.3, 0.4) is 0 Å². The second kappa shape index (κ2) is 5.98. The fraction of sp³-hybridized carbons (Fsp3) is 0.133. The summed E-state index contributed by atoms with van der Waals surface area (Å²) in [6.07, 6.45) is 3.07. The van der Waals surface area contributed by atoms with Gasteiger partial charge < -0.3 is 15.4 Å². The van der Waals surface area contributed by atoms with E-state index < -0.39 is 0 Å². The van der Waals surface area contributed by atoms with E-state index in [2.05, 4.69) is 15.6 Å². The first kappa shape index (κ1) is 14.3. The monoisotopic (exact) mass is 315 g/mol. The lowest BCUT2D eigenvalue weighted by molar-refractivity contribution is -0.118. The lowest BCUT2D eigenvalue weighted by atomic mass is 10.2. The largest absolute Gasteiger partial charge is 0.482 e. The van der Waals surface area contributed by atoms with Gasteiger partial charge in [-0.25, -0.2) is 4.98 Å². The number of thiazole rings is 1. The van der Waals surface area contributed by atoms with Gasteiger partial charge in [0, 0.05) is 17.1 Å². The van der Waals surface area contributed by atoms with Crippen molar-refractivity contribution in [3.8, 4) is 5.75 Å². The Balaban J connectivity index is 1.68. The maximum Gasteiger partial charge on any atom is 0.262 e. The van der Waals surface area contributed by atoms with Crippen molar-refractivity contribution in [2.75, 3.05) is 17.2 Å². The van der Waals surface area contributed by atoms with Crippen molar-refractivity contribution in [2.45, 2.75) is 6.92 Å². The molecule has 0 radical (unpaired) electrons. The summed E-state index contributed by atoms with van der Waals surface area (Å²) in [5.74, 6) is 0.106. The number of anilines is 2. The molecule has 0 saturated heterocycles. The third kappa shape index (κ3) is 3.32. The number of benzene rings is 1. The van der Waals surface area contributed by atoms with Gasteiger partial charge in [-0.05, 0) is 31.2 Å². The first-order valence-corrected chi connectivity index (χ1v) is 7.46. The minimum Gasteiger partial charge on any atom is -0.482 e. The van der Waals surface area contributed by atoms with Crippen LogP contribution in [0.15, 0.2) is 29.7 Å². The van der Waals surface area contributed by atoms with E-state index in [9.17, 15) is 9.59 Å². The smallest absolute Gasteiger partial charge is 0.262 e. The molecule has 0 fully saturated rings. The number of aryl methyl sites for hydroxylation is 1. The van der Waals surface area contributed by atoms with Gasteiger partial charge in [0.1, 0.15) is 5.75 Å². The van der Waals surface area contributed by atoms with Gasteiger partial charge in [-0.3, -0.25) is 9.59 Å². The van der Waals surface area contributed by atoms with E-state index in [-0.39, 0.29) is 18.4 Å². The zero-order valence-corrected chi connectivity index (χ0v) is 12.6. The van der Waals surface area contributed by atoms with Crippen LogP contribution in [-0.4, -0.2) is 23.4 Å². The van der Waals surface area contributed by atoms with E-state index in [4.69, 9.17) is 4.74 Å². The molecule has 1 aromatic heterocycles. The molecule has 0 spiro atoms. The summed E-state index contributed by atoms with van der Waals surface area (Å²) in [5, 5.41) is 8.25. The molecule has 112 valence electrons. The van der Waals surface area contributed by atoms with Gasteiger partial charge in [-0.15, -0.1) is 11.3 Å². The molecule has 0 unspecified atom stereocenters. The molecular weight excluding hydrogens is 302 g/mol. The molecule has 1 aliphatic rings. The van der Waals surface area contributed by atoms with Crippen molar-refractivity contribution >= 4 is 40.6 Å². The summed E-state index contributed by atoms with van der Waals surface area (Å²) in [6, 6.07) is 5.08. The van der Waals surface area contributed by atoms with Crippen molar-refractivity contribution in [1.82, 2.24) is 4.98 Å². The number of ether oxygens (including phenoxy) is 1. The molecular formula is C15H13N3O3S. The molecule has 2 aromatic rings. The average molecular weight is 315 g/mol. The van der Waals surface area contributed by atoms with Crippen LogP contribution in [-0.2, 0) is 9.59 Å². The summed E-state index contributed by atoms with van der Waals surface area (Å²) in [4.78, 5) is 27.4. The Morgan fingerprint density at radius 2 is 2.36 bits per heavy atom. The van der Waals surface area contributed by atoms with E-state index in [1.165, 1.54) is 17.4 Å². The second-order valence-electron chi connectivity index (χ2n) is 4.66. The molecule has 2 heterocycles. The van der Waals surface area contributed by atoms with E-state index in [1.807, 2.05) is 12.3 Å². The summed E-state index contributed by atoms with van der Waals surface area (Å²) >= 11 is 1.53. The number of amides is 2. The van der Waals surface area contributed by atoms with Crippen molar-refractivity contribution in [3.05, 3.63) is 40.4 Å². The minimum atomic E-state index is -0.270. The van der Waals surface area contributed by atoms with Gasteiger partial charge in [-0.2, -0.15) is 0 Å². The molecule has 2 amide bonds. The number of carbonyl (C=O) groups excluding carboxylic acids is 2. The highest BCUT2D eigenvalue weighted by molar-refractivity contribution is 7.09. The molecule has 1 aliphatic heterocycles. The standard InChI is InChI=1S/C15H13N3O3S/c1-9-16-11(8-22-9)3-5-14(19)17-10-2-4-13-12(6-10)18-15(20)7-21-13/h2-6,8H,7H2,1H3,(H,17,19)(H,18,20)/b5-3+. The van der Waals surface area contributed by atoms with E-state index in [0.717, 1.165) is 10.7 Å². The van der Waals surface area contributed by atoms with Crippen molar-refractivity contribution in [2.24, 2.45) is 0 Å². The normalized spacial score (nSPS) is 13.4. The summed E-state index contributed by atoms with van der Waals surface area (Å²) < 4.78 is 5.26. The molecule has 2 N–H and O–H groups in total. The van der Waals surface area contributed by atoms with Gasteiger partial charge in [0.05, 0.1) is 16.4 Å². The van der Waals surface area contributed by atoms with Crippen LogP contribution >= 0.6 is 11.3 Å². The maximum atomic E-state index is 11.9.